The van der Waals surface area contributed by atoms with Gasteiger partial charge in [0.2, 0.25) is 5.88 Å². The molecule has 6 atom stereocenters. The van der Waals surface area contributed by atoms with Crippen LogP contribution in [0.25, 0.3) is 0 Å². The van der Waals surface area contributed by atoms with E-state index in [4.69, 9.17) is 14.2 Å². The molecule has 13 heteroatoms. The summed E-state index contributed by atoms with van der Waals surface area (Å²) in [7, 11) is 0.938. The smallest absolute Gasteiger partial charge is 0.289 e. The maximum absolute atomic E-state index is 17.1. The third kappa shape index (κ3) is 6.84. The molecule has 1 aromatic heterocycles. The lowest BCUT2D eigenvalue weighted by molar-refractivity contribution is 0.0131. The number of aromatic nitrogens is 2. The van der Waals surface area contributed by atoms with E-state index in [2.05, 4.69) is 50.3 Å². The zero-order valence-electron chi connectivity index (χ0n) is 30.5. The van der Waals surface area contributed by atoms with Crippen LogP contribution in [0.15, 0.2) is 53.0 Å². The van der Waals surface area contributed by atoms with Crippen LogP contribution in [0.5, 0.6) is 11.6 Å². The number of nitrogens with zero attached hydrogens (tertiary/aromatic N) is 4. The molecule has 278 valence electrons. The van der Waals surface area contributed by atoms with E-state index in [-0.39, 0.29) is 57.7 Å². The Hall–Kier alpha value is -4.23. The summed E-state index contributed by atoms with van der Waals surface area (Å²) >= 11 is 0. The van der Waals surface area contributed by atoms with Gasteiger partial charge in [-0.2, -0.15) is 0 Å². The number of halogens is 1. The number of allylic oxidation sites excluding steroid dienone is 1. The number of benzene rings is 2. The van der Waals surface area contributed by atoms with E-state index in [0.717, 1.165) is 32.1 Å². The van der Waals surface area contributed by atoms with Crippen molar-refractivity contribution in [3.8, 4) is 11.6 Å². The first-order chi connectivity index (χ1) is 24.9. The minimum absolute atomic E-state index is 0.0313. The first-order valence-electron chi connectivity index (χ1n) is 18.1. The van der Waals surface area contributed by atoms with E-state index in [1.165, 1.54) is 40.7 Å². The van der Waals surface area contributed by atoms with Crippen LogP contribution in [0.2, 0.25) is 0 Å². The fourth-order valence-electron chi connectivity index (χ4n) is 8.59. The number of amides is 2. The molecule has 4 aliphatic rings. The molecule has 2 aromatic carbocycles. The molecule has 1 unspecified atom stereocenters. The Bertz CT molecular complexity index is 2040. The first kappa shape index (κ1) is 36.1. The molecule has 0 saturated heterocycles. The Balaban J connectivity index is 1.33. The fraction of sp³-hybridized carbons (Fsp3) is 0.513. The van der Waals surface area contributed by atoms with Gasteiger partial charge in [0.25, 0.3) is 11.8 Å². The second-order valence-corrected chi connectivity index (χ2v) is 17.1. The quantitative estimate of drug-likeness (QED) is 0.327. The highest BCUT2D eigenvalue weighted by Crippen LogP contribution is 2.47. The van der Waals surface area contributed by atoms with E-state index in [1.54, 1.807) is 20.2 Å². The summed E-state index contributed by atoms with van der Waals surface area (Å²) in [4.78, 5) is 29.6. The van der Waals surface area contributed by atoms with Crippen molar-refractivity contribution in [1.82, 2.24) is 14.5 Å². The molecule has 3 heterocycles. The van der Waals surface area contributed by atoms with Crippen molar-refractivity contribution >= 4 is 27.4 Å². The van der Waals surface area contributed by atoms with Crippen molar-refractivity contribution in [2.75, 3.05) is 44.6 Å². The number of methoxy groups -OCH3 is 2. The van der Waals surface area contributed by atoms with Gasteiger partial charge in [0.15, 0.2) is 5.82 Å². The van der Waals surface area contributed by atoms with E-state index in [0.29, 0.717) is 31.9 Å². The zero-order chi connectivity index (χ0) is 36.8. The van der Waals surface area contributed by atoms with E-state index in [9.17, 15) is 13.8 Å². The molecule has 2 bridgehead atoms. The molecule has 7 rings (SSSR count). The van der Waals surface area contributed by atoms with Crippen LogP contribution in [-0.2, 0) is 33.5 Å². The lowest BCUT2D eigenvalue weighted by Crippen LogP contribution is -2.49. The fourth-order valence-corrected chi connectivity index (χ4v) is 10.5. The van der Waals surface area contributed by atoms with Crippen LogP contribution < -0.4 is 19.1 Å². The normalized spacial score (nSPS) is 29.4. The Morgan fingerprint density at radius 3 is 2.77 bits per heavy atom. The molecule has 2 amide bonds. The number of anilines is 1. The first-order valence-corrected chi connectivity index (χ1v) is 19.8. The monoisotopic (exact) mass is 733 g/mol. The molecule has 1 saturated carbocycles. The average molecular weight is 734 g/mol. The summed E-state index contributed by atoms with van der Waals surface area (Å²) in [5.41, 5.74) is 3.26. The second-order valence-electron chi connectivity index (χ2n) is 15.1. The summed E-state index contributed by atoms with van der Waals surface area (Å²) in [6, 6.07) is 9.56. The largest absolute Gasteiger partial charge is 0.490 e. The van der Waals surface area contributed by atoms with Crippen molar-refractivity contribution in [1.29, 1.82) is 0 Å². The summed E-state index contributed by atoms with van der Waals surface area (Å²) in [5.74, 6) is -2.14. The van der Waals surface area contributed by atoms with E-state index < -0.39 is 27.5 Å². The molecule has 1 spiro atoms. The molecule has 0 radical (unpaired) electrons. The number of ether oxygens (including phenoxy) is 3. The lowest BCUT2D eigenvalue weighted by Gasteiger charge is -2.46. The Kier molecular flexibility index (Phi) is 9.94. The Morgan fingerprint density at radius 1 is 1.19 bits per heavy atom. The van der Waals surface area contributed by atoms with Crippen molar-refractivity contribution in [3.05, 3.63) is 82.3 Å². The Morgan fingerprint density at radius 2 is 2.02 bits per heavy atom. The number of aryl methyl sites for hydroxylation is 3. The number of hydrogen-bond donors (Lipinski definition) is 1. The van der Waals surface area contributed by atoms with Crippen LogP contribution in [0.3, 0.4) is 0 Å². The van der Waals surface area contributed by atoms with Crippen LogP contribution in [-0.4, -0.2) is 71.6 Å². The van der Waals surface area contributed by atoms with Crippen LogP contribution in [0.4, 0.5) is 10.1 Å². The van der Waals surface area contributed by atoms with Gasteiger partial charge < -0.3 is 19.1 Å². The van der Waals surface area contributed by atoms with Gasteiger partial charge in [0, 0.05) is 38.9 Å². The molecular formula is C39H48FN5O6S. The maximum atomic E-state index is 17.1. The van der Waals surface area contributed by atoms with Gasteiger partial charge in [-0.05, 0) is 86.5 Å². The number of carbonyl (C=O) groups excluding carboxylic acids is 2. The van der Waals surface area contributed by atoms with Crippen molar-refractivity contribution in [2.45, 2.75) is 63.9 Å². The maximum Gasteiger partial charge on any atom is 0.289 e. The van der Waals surface area contributed by atoms with Crippen molar-refractivity contribution in [2.24, 2.45) is 29.2 Å². The highest BCUT2D eigenvalue weighted by molar-refractivity contribution is 7.92. The Labute approximate surface area is 305 Å². The molecule has 11 nitrogen and oxygen atoms in total. The highest BCUT2D eigenvalue weighted by atomic mass is 32.2. The average Bonchev–Trinajstić information content (AvgIpc) is 3.40. The van der Waals surface area contributed by atoms with Gasteiger partial charge in [-0.1, -0.05) is 42.8 Å². The van der Waals surface area contributed by atoms with Gasteiger partial charge in [0.1, 0.15) is 26.9 Å². The van der Waals surface area contributed by atoms with Crippen molar-refractivity contribution in [3.63, 3.8) is 0 Å². The number of nitrogens with one attached hydrogen (secondary N) is 1. The van der Waals surface area contributed by atoms with Gasteiger partial charge in [0.05, 0.1) is 31.1 Å². The third-order valence-corrected chi connectivity index (χ3v) is 13.3. The summed E-state index contributed by atoms with van der Waals surface area (Å²) < 4.78 is 57.5. The summed E-state index contributed by atoms with van der Waals surface area (Å²) in [5, 5.41) is 4.12. The van der Waals surface area contributed by atoms with Crippen LogP contribution in [0, 0.1) is 30.5 Å². The molecule has 1 N–H and O–H groups in total. The summed E-state index contributed by atoms with van der Waals surface area (Å²) in [6.07, 6.45) is 10.7. The molecule has 2 aliphatic heterocycles. The number of rotatable bonds is 4. The number of hydrogen-bond acceptors (Lipinski definition) is 8. The SMILES string of the molecule is COc1nn(C)cc1C(=O)NS1(=O)=NC(=O)c2ccc3c(c2F)N(C[C@@H]2CC[C@H]2[C@@H](OC)/C=C/C[C@H](C)C1)C[C@@]1(CCCc2cc(C)ccc21)CO3. The molecule has 1 fully saturated rings. The second kappa shape index (κ2) is 14.3. The highest BCUT2D eigenvalue weighted by Gasteiger charge is 2.45. The van der Waals surface area contributed by atoms with Crippen LogP contribution in [0.1, 0.15) is 76.4 Å². The van der Waals surface area contributed by atoms with Gasteiger partial charge in [-0.25, -0.2) is 8.60 Å². The van der Waals surface area contributed by atoms with Gasteiger partial charge in [-0.3, -0.25) is 19.0 Å². The molecule has 2 aliphatic carbocycles. The standard InChI is InChI=1S/C39H48FN5O6S/c1-24-11-15-31-26(18-24)9-7-17-39(31)22-45-19-27-12-13-28(27)32(49-4)10-6-8-25(2)21-52(48,43-37(47)30-20-44(3)41-38(30)50-5)42-36(46)29-14-16-33(51-23-39)35(45)34(29)40/h6,10-11,14-16,18,20,25,27-28,32H,7-9,12-13,17,19,21-23H2,1-5H3,(H,42,43,46,47,48)/b10-6+/t25-,27-,28+,32-,39-,52?/m0/s1. The minimum Gasteiger partial charge on any atom is -0.490 e. The lowest BCUT2D eigenvalue weighted by atomic mass is 9.68. The number of fused-ring (bicyclic) bond motifs is 4. The molecule has 3 aromatic rings. The van der Waals surface area contributed by atoms with E-state index in [1.807, 2.05) is 13.0 Å². The predicted octanol–water partition coefficient (Wildman–Crippen LogP) is 5.94. The molecule has 52 heavy (non-hydrogen) atoms. The predicted molar refractivity (Wildman–Crippen MR) is 197 cm³/mol. The van der Waals surface area contributed by atoms with E-state index >= 15 is 4.39 Å². The van der Waals surface area contributed by atoms with Gasteiger partial charge >= 0.3 is 0 Å². The third-order valence-electron chi connectivity index (χ3n) is 11.3. The molecular weight excluding hydrogens is 686 g/mol. The number of carbonyl (C=O) groups is 2. The summed E-state index contributed by atoms with van der Waals surface area (Å²) in [6.45, 7) is 5.41. The van der Waals surface area contributed by atoms with Crippen molar-refractivity contribution < 1.29 is 32.4 Å². The topological polar surface area (TPSA) is 124 Å². The minimum atomic E-state index is -3.77. The van der Waals surface area contributed by atoms with Crippen LogP contribution >= 0.6 is 0 Å². The van der Waals surface area contributed by atoms with Gasteiger partial charge in [-0.15, -0.1) is 9.46 Å². The zero-order valence-corrected chi connectivity index (χ0v) is 31.3.